The minimum absolute atomic E-state index is 0.977. The van der Waals surface area contributed by atoms with Crippen LogP contribution in [-0.4, -0.2) is 4.98 Å². The van der Waals surface area contributed by atoms with Gasteiger partial charge in [-0.05, 0) is 115 Å². The summed E-state index contributed by atoms with van der Waals surface area (Å²) in [6.45, 7) is 4.31. The first-order chi connectivity index (χ1) is 23.6. The van der Waals surface area contributed by atoms with Crippen LogP contribution >= 0.6 is 0 Å². The van der Waals surface area contributed by atoms with E-state index in [1.165, 1.54) is 82.0 Å². The van der Waals surface area contributed by atoms with Gasteiger partial charge in [0, 0.05) is 11.1 Å². The van der Waals surface area contributed by atoms with Gasteiger partial charge >= 0.3 is 0 Å². The van der Waals surface area contributed by atoms with Gasteiger partial charge in [0.05, 0.1) is 11.4 Å². The maximum absolute atomic E-state index is 5.30. The Morgan fingerprint density at radius 1 is 0.354 bits per heavy atom. The van der Waals surface area contributed by atoms with E-state index in [-0.39, 0.29) is 0 Å². The lowest BCUT2D eigenvalue weighted by molar-refractivity contribution is 1.26. The van der Waals surface area contributed by atoms with Crippen molar-refractivity contribution in [1.29, 1.82) is 0 Å². The average molecular weight is 612 g/mol. The molecule has 0 saturated carbocycles. The van der Waals surface area contributed by atoms with Crippen LogP contribution in [0, 0.1) is 13.8 Å². The predicted octanol–water partition coefficient (Wildman–Crippen LogP) is 13.0. The van der Waals surface area contributed by atoms with Crippen LogP contribution < -0.4 is 0 Å². The Labute approximate surface area is 280 Å². The molecule has 1 heteroatoms. The number of pyridine rings is 1. The lowest BCUT2D eigenvalue weighted by Crippen LogP contribution is -1.95. The monoisotopic (exact) mass is 611 g/mol. The van der Waals surface area contributed by atoms with Crippen LogP contribution in [0.4, 0.5) is 0 Å². The highest BCUT2D eigenvalue weighted by Crippen LogP contribution is 2.45. The molecule has 1 heterocycles. The van der Waals surface area contributed by atoms with Crippen molar-refractivity contribution in [2.24, 2.45) is 0 Å². The standard InChI is InChI=1S/C47H33N/c1-30-11-3-8-16-39(30)47-31(2)19-26-44(48-47)36-24-25-42-43(29-36)46(38-23-21-33-13-5-7-15-35(33)28-38)41-18-10-9-17-40(41)45(42)37-22-20-32-12-4-6-14-34(32)27-37/h3-29H,1-2H3. The minimum atomic E-state index is 0.977. The van der Waals surface area contributed by atoms with E-state index >= 15 is 0 Å². The lowest BCUT2D eigenvalue weighted by Gasteiger charge is -2.19. The van der Waals surface area contributed by atoms with E-state index in [0.29, 0.717) is 0 Å². The second-order valence-corrected chi connectivity index (χ2v) is 12.9. The molecule has 9 rings (SSSR count). The fraction of sp³-hybridized carbons (Fsp3) is 0.0426. The molecule has 1 nitrogen and oxygen atoms in total. The minimum Gasteiger partial charge on any atom is -0.248 e. The molecule has 226 valence electrons. The van der Waals surface area contributed by atoms with Crippen molar-refractivity contribution in [2.75, 3.05) is 0 Å². The Balaban J connectivity index is 1.36. The van der Waals surface area contributed by atoms with Gasteiger partial charge < -0.3 is 0 Å². The molecule has 0 saturated heterocycles. The second-order valence-electron chi connectivity index (χ2n) is 12.9. The molecule has 8 aromatic carbocycles. The molecular formula is C47H33N. The fourth-order valence-corrected chi connectivity index (χ4v) is 7.45. The molecule has 0 N–H and O–H groups in total. The summed E-state index contributed by atoms with van der Waals surface area (Å²) in [5, 5.41) is 9.95. The van der Waals surface area contributed by atoms with Crippen molar-refractivity contribution in [3.05, 3.63) is 175 Å². The molecule has 0 unspecified atom stereocenters. The number of aromatic nitrogens is 1. The van der Waals surface area contributed by atoms with E-state index in [2.05, 4.69) is 178 Å². The molecule has 0 radical (unpaired) electrons. The largest absolute Gasteiger partial charge is 0.248 e. The summed E-state index contributed by atoms with van der Waals surface area (Å²) in [7, 11) is 0. The van der Waals surface area contributed by atoms with Gasteiger partial charge in [-0.2, -0.15) is 0 Å². The Bertz CT molecular complexity index is 2700. The number of aryl methyl sites for hydroxylation is 2. The van der Waals surface area contributed by atoms with Crippen molar-refractivity contribution in [3.63, 3.8) is 0 Å². The third-order valence-electron chi connectivity index (χ3n) is 9.89. The quantitative estimate of drug-likeness (QED) is 0.180. The molecule has 0 bridgehead atoms. The zero-order chi connectivity index (χ0) is 32.2. The summed E-state index contributed by atoms with van der Waals surface area (Å²) in [6.07, 6.45) is 0. The molecule has 0 aliphatic heterocycles. The normalized spacial score (nSPS) is 11.5. The van der Waals surface area contributed by atoms with E-state index in [9.17, 15) is 0 Å². The van der Waals surface area contributed by atoms with Crippen molar-refractivity contribution in [1.82, 2.24) is 4.98 Å². The van der Waals surface area contributed by atoms with Gasteiger partial charge in [0.1, 0.15) is 0 Å². The van der Waals surface area contributed by atoms with Gasteiger partial charge in [-0.3, -0.25) is 0 Å². The van der Waals surface area contributed by atoms with Crippen LogP contribution in [-0.2, 0) is 0 Å². The van der Waals surface area contributed by atoms with Gasteiger partial charge in [-0.15, -0.1) is 0 Å². The van der Waals surface area contributed by atoms with Gasteiger partial charge in [-0.25, -0.2) is 4.98 Å². The highest BCUT2D eigenvalue weighted by Gasteiger charge is 2.19. The van der Waals surface area contributed by atoms with Crippen LogP contribution in [0.2, 0.25) is 0 Å². The van der Waals surface area contributed by atoms with E-state index in [0.717, 1.165) is 17.0 Å². The Hall–Kier alpha value is -6.05. The molecule has 0 amide bonds. The number of nitrogens with zero attached hydrogens (tertiary/aromatic N) is 1. The molecule has 0 atom stereocenters. The summed E-state index contributed by atoms with van der Waals surface area (Å²) in [5.41, 5.74) is 11.7. The first-order valence-corrected chi connectivity index (χ1v) is 16.6. The molecule has 0 spiro atoms. The van der Waals surface area contributed by atoms with Crippen LogP contribution in [0.25, 0.3) is 87.9 Å². The summed E-state index contributed by atoms with van der Waals surface area (Å²) in [5.74, 6) is 0. The van der Waals surface area contributed by atoms with Crippen molar-refractivity contribution in [2.45, 2.75) is 13.8 Å². The molecule has 0 aliphatic rings. The maximum Gasteiger partial charge on any atom is 0.0741 e. The number of hydrogen-bond acceptors (Lipinski definition) is 1. The second kappa shape index (κ2) is 11.3. The maximum atomic E-state index is 5.30. The van der Waals surface area contributed by atoms with Crippen molar-refractivity contribution >= 4 is 43.1 Å². The predicted molar refractivity (Wildman–Crippen MR) is 205 cm³/mol. The van der Waals surface area contributed by atoms with Gasteiger partial charge in [0.25, 0.3) is 0 Å². The van der Waals surface area contributed by atoms with Crippen LogP contribution in [0.5, 0.6) is 0 Å². The summed E-state index contributed by atoms with van der Waals surface area (Å²) >= 11 is 0. The van der Waals surface area contributed by atoms with Gasteiger partial charge in [-0.1, -0.05) is 140 Å². The number of fused-ring (bicyclic) bond motifs is 4. The molecule has 1 aromatic heterocycles. The Kier molecular flexibility index (Phi) is 6.66. The van der Waals surface area contributed by atoms with Gasteiger partial charge in [0.2, 0.25) is 0 Å². The van der Waals surface area contributed by atoms with Crippen molar-refractivity contribution in [3.8, 4) is 44.8 Å². The molecule has 0 fully saturated rings. The SMILES string of the molecule is Cc1ccccc1-c1nc(-c2ccc3c(-c4ccc5ccccc5c4)c4ccccc4c(-c4ccc5ccccc5c4)c3c2)ccc1C. The van der Waals surface area contributed by atoms with E-state index in [4.69, 9.17) is 4.98 Å². The number of rotatable bonds is 4. The smallest absolute Gasteiger partial charge is 0.0741 e. The zero-order valence-electron chi connectivity index (χ0n) is 27.0. The third kappa shape index (κ3) is 4.67. The molecule has 0 aliphatic carbocycles. The highest BCUT2D eigenvalue weighted by atomic mass is 14.7. The molecule has 48 heavy (non-hydrogen) atoms. The van der Waals surface area contributed by atoms with Crippen LogP contribution in [0.15, 0.2) is 164 Å². The molecule has 9 aromatic rings. The summed E-state index contributed by atoms with van der Waals surface area (Å²) in [4.78, 5) is 5.30. The lowest BCUT2D eigenvalue weighted by atomic mass is 9.84. The average Bonchev–Trinajstić information content (AvgIpc) is 3.14. The topological polar surface area (TPSA) is 12.9 Å². The van der Waals surface area contributed by atoms with E-state index in [1.54, 1.807) is 0 Å². The van der Waals surface area contributed by atoms with Crippen molar-refractivity contribution < 1.29 is 0 Å². The highest BCUT2D eigenvalue weighted by molar-refractivity contribution is 6.22. The first-order valence-electron chi connectivity index (χ1n) is 16.6. The summed E-state index contributed by atoms with van der Waals surface area (Å²) in [6, 6.07) is 59.8. The first kappa shape index (κ1) is 28.2. The third-order valence-corrected chi connectivity index (χ3v) is 9.89. The van der Waals surface area contributed by atoms with E-state index < -0.39 is 0 Å². The van der Waals surface area contributed by atoms with Crippen LogP contribution in [0.3, 0.4) is 0 Å². The Morgan fingerprint density at radius 3 is 1.52 bits per heavy atom. The van der Waals surface area contributed by atoms with Crippen LogP contribution in [0.1, 0.15) is 11.1 Å². The Morgan fingerprint density at radius 2 is 0.875 bits per heavy atom. The fourth-order valence-electron chi connectivity index (χ4n) is 7.45. The van der Waals surface area contributed by atoms with Gasteiger partial charge in [0.15, 0.2) is 0 Å². The zero-order valence-corrected chi connectivity index (χ0v) is 27.0. The number of hydrogen-bond donors (Lipinski definition) is 0. The van der Waals surface area contributed by atoms with E-state index in [1.807, 2.05) is 0 Å². The number of benzene rings is 8. The molecular weight excluding hydrogens is 579 g/mol. The summed E-state index contributed by atoms with van der Waals surface area (Å²) < 4.78 is 0.